The fourth-order valence-electron chi connectivity index (χ4n) is 2.86. The highest BCUT2D eigenvalue weighted by Crippen LogP contribution is 2.21. The van der Waals surface area contributed by atoms with E-state index in [1.165, 1.54) is 5.56 Å². The highest BCUT2D eigenvalue weighted by Gasteiger charge is 2.17. The Morgan fingerprint density at radius 1 is 1.29 bits per heavy atom. The largest absolute Gasteiger partial charge is 0.376 e. The molecule has 1 aliphatic rings. The summed E-state index contributed by atoms with van der Waals surface area (Å²) in [6.07, 6.45) is 5.51. The number of amides is 1. The molecule has 1 saturated heterocycles. The Hall–Kier alpha value is -2.40. The van der Waals surface area contributed by atoms with E-state index in [0.717, 1.165) is 36.4 Å². The van der Waals surface area contributed by atoms with Crippen molar-refractivity contribution in [3.05, 3.63) is 53.3 Å². The molecule has 1 aromatic heterocycles. The van der Waals surface area contributed by atoms with Gasteiger partial charge in [0.2, 0.25) is 0 Å². The van der Waals surface area contributed by atoms with Gasteiger partial charge in [-0.25, -0.2) is 0 Å². The standard InChI is InChI=1S/C19H23N3O2/c1-13-5-6-18(14(2)8-13)22-16-9-15(10-20-11-16)19(23)21-12-17-4-3-7-24-17/h5-6,8-11,17,22H,3-4,7,12H2,1-2H3,(H,21,23). The van der Waals surface area contributed by atoms with Crippen LogP contribution in [0.4, 0.5) is 11.4 Å². The minimum absolute atomic E-state index is 0.123. The number of aromatic nitrogens is 1. The Labute approximate surface area is 142 Å². The van der Waals surface area contributed by atoms with Crippen LogP contribution in [-0.2, 0) is 4.74 Å². The summed E-state index contributed by atoms with van der Waals surface area (Å²) in [4.78, 5) is 16.5. The topological polar surface area (TPSA) is 63.2 Å². The lowest BCUT2D eigenvalue weighted by Crippen LogP contribution is -2.31. The molecule has 1 atom stereocenters. The third kappa shape index (κ3) is 4.11. The average molecular weight is 325 g/mol. The van der Waals surface area contributed by atoms with Gasteiger partial charge in [0.15, 0.2) is 0 Å². The molecule has 0 aliphatic carbocycles. The summed E-state index contributed by atoms with van der Waals surface area (Å²) in [7, 11) is 0. The van der Waals surface area contributed by atoms with Crippen molar-refractivity contribution >= 4 is 17.3 Å². The normalized spacial score (nSPS) is 16.8. The van der Waals surface area contributed by atoms with Crippen LogP contribution < -0.4 is 10.6 Å². The lowest BCUT2D eigenvalue weighted by molar-refractivity contribution is 0.0857. The first kappa shape index (κ1) is 16.5. The molecule has 3 rings (SSSR count). The van der Waals surface area contributed by atoms with Crippen LogP contribution in [-0.4, -0.2) is 30.1 Å². The first-order chi connectivity index (χ1) is 11.6. The van der Waals surface area contributed by atoms with Gasteiger partial charge >= 0.3 is 0 Å². The minimum atomic E-state index is -0.123. The van der Waals surface area contributed by atoms with Gasteiger partial charge in [0, 0.05) is 25.0 Å². The molecule has 5 heteroatoms. The predicted molar refractivity (Wildman–Crippen MR) is 94.7 cm³/mol. The van der Waals surface area contributed by atoms with E-state index >= 15 is 0 Å². The van der Waals surface area contributed by atoms with E-state index in [1.54, 1.807) is 12.4 Å². The second kappa shape index (κ2) is 7.45. The fourth-order valence-corrected chi connectivity index (χ4v) is 2.86. The van der Waals surface area contributed by atoms with Gasteiger partial charge in [-0.15, -0.1) is 0 Å². The van der Waals surface area contributed by atoms with Gasteiger partial charge in [-0.05, 0) is 44.4 Å². The summed E-state index contributed by atoms with van der Waals surface area (Å²) in [6, 6.07) is 8.03. The molecule has 0 saturated carbocycles. The van der Waals surface area contributed by atoms with Gasteiger partial charge in [0.1, 0.15) is 0 Å². The van der Waals surface area contributed by atoms with Crippen LogP contribution in [0.25, 0.3) is 0 Å². The molecule has 1 fully saturated rings. The Bertz CT molecular complexity index is 724. The number of hydrogen-bond donors (Lipinski definition) is 2. The number of aryl methyl sites for hydroxylation is 2. The lowest BCUT2D eigenvalue weighted by Gasteiger charge is -2.12. The number of benzene rings is 1. The van der Waals surface area contributed by atoms with Crippen LogP contribution in [0.15, 0.2) is 36.7 Å². The third-order valence-corrected chi connectivity index (χ3v) is 4.18. The summed E-state index contributed by atoms with van der Waals surface area (Å²) in [5.74, 6) is -0.123. The molecule has 126 valence electrons. The van der Waals surface area contributed by atoms with Gasteiger partial charge in [-0.3, -0.25) is 9.78 Å². The van der Waals surface area contributed by atoms with Crippen LogP contribution in [0.3, 0.4) is 0 Å². The Balaban J connectivity index is 1.65. The number of carbonyl (C=O) groups excluding carboxylic acids is 1. The van der Waals surface area contributed by atoms with Crippen molar-refractivity contribution in [2.45, 2.75) is 32.8 Å². The van der Waals surface area contributed by atoms with Gasteiger partial charge in [0.25, 0.3) is 5.91 Å². The number of rotatable bonds is 5. The van der Waals surface area contributed by atoms with Gasteiger partial charge in [-0.1, -0.05) is 17.7 Å². The summed E-state index contributed by atoms with van der Waals surface area (Å²) in [5, 5.41) is 6.24. The SMILES string of the molecule is Cc1ccc(Nc2cncc(C(=O)NCC3CCCO3)c2)c(C)c1. The van der Waals surface area contributed by atoms with Crippen molar-refractivity contribution in [2.24, 2.45) is 0 Å². The molecular formula is C19H23N3O2. The number of pyridine rings is 1. The van der Waals surface area contributed by atoms with Gasteiger partial charge in [0.05, 0.1) is 23.6 Å². The molecule has 1 amide bonds. The lowest BCUT2D eigenvalue weighted by atomic mass is 10.1. The molecule has 1 aromatic carbocycles. The number of ether oxygens (including phenoxy) is 1. The Morgan fingerprint density at radius 3 is 2.92 bits per heavy atom. The van der Waals surface area contributed by atoms with Gasteiger partial charge in [-0.2, -0.15) is 0 Å². The maximum atomic E-state index is 12.3. The van der Waals surface area contributed by atoms with E-state index in [1.807, 2.05) is 12.1 Å². The zero-order valence-electron chi connectivity index (χ0n) is 14.1. The molecule has 0 spiro atoms. The number of anilines is 2. The second-order valence-electron chi connectivity index (χ2n) is 6.25. The molecule has 2 heterocycles. The number of nitrogens with zero attached hydrogens (tertiary/aromatic N) is 1. The van der Waals surface area contributed by atoms with Crippen molar-refractivity contribution < 1.29 is 9.53 Å². The van der Waals surface area contributed by atoms with Crippen LogP contribution in [0.5, 0.6) is 0 Å². The van der Waals surface area contributed by atoms with E-state index in [2.05, 4.69) is 41.6 Å². The van der Waals surface area contributed by atoms with Crippen LogP contribution in [0.1, 0.15) is 34.3 Å². The van der Waals surface area contributed by atoms with Crippen molar-refractivity contribution in [1.82, 2.24) is 10.3 Å². The summed E-state index contributed by atoms with van der Waals surface area (Å²) in [6.45, 7) is 5.46. The van der Waals surface area contributed by atoms with E-state index < -0.39 is 0 Å². The van der Waals surface area contributed by atoms with Crippen molar-refractivity contribution in [3.8, 4) is 0 Å². The van der Waals surface area contributed by atoms with Gasteiger partial charge < -0.3 is 15.4 Å². The third-order valence-electron chi connectivity index (χ3n) is 4.18. The van der Waals surface area contributed by atoms with Crippen LogP contribution in [0.2, 0.25) is 0 Å². The minimum Gasteiger partial charge on any atom is -0.376 e. The molecule has 5 nitrogen and oxygen atoms in total. The zero-order chi connectivity index (χ0) is 16.9. The van der Waals surface area contributed by atoms with Crippen molar-refractivity contribution in [3.63, 3.8) is 0 Å². The average Bonchev–Trinajstić information content (AvgIpc) is 3.09. The van der Waals surface area contributed by atoms with E-state index in [-0.39, 0.29) is 12.0 Å². The van der Waals surface area contributed by atoms with Crippen LogP contribution >= 0.6 is 0 Å². The summed E-state index contributed by atoms with van der Waals surface area (Å²) < 4.78 is 5.52. The molecule has 2 aromatic rings. The quantitative estimate of drug-likeness (QED) is 0.885. The molecule has 1 unspecified atom stereocenters. The smallest absolute Gasteiger partial charge is 0.253 e. The monoisotopic (exact) mass is 325 g/mol. The fraction of sp³-hybridized carbons (Fsp3) is 0.368. The number of nitrogens with one attached hydrogen (secondary N) is 2. The predicted octanol–water partition coefficient (Wildman–Crippen LogP) is 3.35. The molecule has 1 aliphatic heterocycles. The van der Waals surface area contributed by atoms with E-state index in [9.17, 15) is 4.79 Å². The maximum absolute atomic E-state index is 12.3. The van der Waals surface area contributed by atoms with Crippen LogP contribution in [0, 0.1) is 13.8 Å². The number of carbonyl (C=O) groups is 1. The molecule has 0 radical (unpaired) electrons. The molecule has 24 heavy (non-hydrogen) atoms. The van der Waals surface area contributed by atoms with E-state index in [0.29, 0.717) is 12.1 Å². The molecule has 0 bridgehead atoms. The Kier molecular flexibility index (Phi) is 5.11. The van der Waals surface area contributed by atoms with E-state index in [4.69, 9.17) is 4.74 Å². The first-order valence-electron chi connectivity index (χ1n) is 8.31. The Morgan fingerprint density at radius 2 is 2.17 bits per heavy atom. The van der Waals surface area contributed by atoms with Crippen molar-refractivity contribution in [2.75, 3.05) is 18.5 Å². The first-order valence-corrected chi connectivity index (χ1v) is 8.31. The zero-order valence-corrected chi connectivity index (χ0v) is 14.1. The highest BCUT2D eigenvalue weighted by atomic mass is 16.5. The molecule has 2 N–H and O–H groups in total. The van der Waals surface area contributed by atoms with Crippen molar-refractivity contribution in [1.29, 1.82) is 0 Å². The highest BCUT2D eigenvalue weighted by molar-refractivity contribution is 5.94. The summed E-state index contributed by atoms with van der Waals surface area (Å²) in [5.41, 5.74) is 4.73. The number of hydrogen-bond acceptors (Lipinski definition) is 4. The maximum Gasteiger partial charge on any atom is 0.253 e. The second-order valence-corrected chi connectivity index (χ2v) is 6.25. The molecular weight excluding hydrogens is 302 g/mol. The summed E-state index contributed by atoms with van der Waals surface area (Å²) >= 11 is 0.